The van der Waals surface area contributed by atoms with Gasteiger partial charge in [-0.25, -0.2) is 13.4 Å². The molecule has 0 unspecified atom stereocenters. The number of anilines is 2. The number of nitrogens with zero attached hydrogens (tertiary/aromatic N) is 4. The van der Waals surface area contributed by atoms with Crippen molar-refractivity contribution in [1.82, 2.24) is 13.9 Å². The number of benzene rings is 2. The summed E-state index contributed by atoms with van der Waals surface area (Å²) in [5.41, 5.74) is 2.82. The molecule has 9 heteroatoms. The molecule has 1 saturated heterocycles. The molecule has 0 atom stereocenters. The first-order chi connectivity index (χ1) is 16.4. The van der Waals surface area contributed by atoms with Crippen LogP contribution >= 0.6 is 0 Å². The summed E-state index contributed by atoms with van der Waals surface area (Å²) in [4.78, 5) is 19.8. The van der Waals surface area contributed by atoms with E-state index in [0.717, 1.165) is 37.2 Å². The lowest BCUT2D eigenvalue weighted by Gasteiger charge is -2.23. The summed E-state index contributed by atoms with van der Waals surface area (Å²) < 4.78 is 29.6. The fourth-order valence-corrected chi connectivity index (χ4v) is 5.83. The van der Waals surface area contributed by atoms with E-state index in [4.69, 9.17) is 0 Å². The van der Waals surface area contributed by atoms with Crippen molar-refractivity contribution < 1.29 is 13.2 Å². The normalized spacial score (nSPS) is 14.0. The topological polar surface area (TPSA) is 87.5 Å². The summed E-state index contributed by atoms with van der Waals surface area (Å²) in [6.45, 7) is 6.70. The Hall–Kier alpha value is -3.17. The summed E-state index contributed by atoms with van der Waals surface area (Å²) >= 11 is 0. The Morgan fingerprint density at radius 2 is 1.85 bits per heavy atom. The van der Waals surface area contributed by atoms with Crippen molar-refractivity contribution in [2.75, 3.05) is 36.4 Å². The molecule has 0 bridgehead atoms. The summed E-state index contributed by atoms with van der Waals surface area (Å²) in [6, 6.07) is 12.5. The molecule has 4 rings (SSSR count). The molecule has 0 aliphatic carbocycles. The Morgan fingerprint density at radius 3 is 2.53 bits per heavy atom. The van der Waals surface area contributed by atoms with Gasteiger partial charge >= 0.3 is 0 Å². The molecule has 1 amide bonds. The molecule has 1 aliphatic rings. The van der Waals surface area contributed by atoms with Gasteiger partial charge in [0.15, 0.2) is 0 Å². The molecule has 0 saturated carbocycles. The van der Waals surface area contributed by atoms with Crippen molar-refractivity contribution in [3.63, 3.8) is 0 Å². The van der Waals surface area contributed by atoms with Crippen molar-refractivity contribution in [3.05, 3.63) is 72.3 Å². The van der Waals surface area contributed by atoms with E-state index in [1.54, 1.807) is 24.7 Å². The second kappa shape index (κ2) is 10.4. The average Bonchev–Trinajstić information content (AvgIpc) is 3.54. The number of sulfonamides is 1. The van der Waals surface area contributed by atoms with E-state index in [1.807, 2.05) is 48.9 Å². The Balaban J connectivity index is 1.65. The van der Waals surface area contributed by atoms with Gasteiger partial charge in [-0.2, -0.15) is 4.31 Å². The van der Waals surface area contributed by atoms with Gasteiger partial charge in [0.25, 0.3) is 5.91 Å². The van der Waals surface area contributed by atoms with Crippen LogP contribution in [-0.4, -0.2) is 54.4 Å². The van der Waals surface area contributed by atoms with Gasteiger partial charge in [0.05, 0.1) is 16.8 Å². The van der Waals surface area contributed by atoms with Crippen molar-refractivity contribution in [1.29, 1.82) is 0 Å². The molecule has 8 nitrogen and oxygen atoms in total. The number of nitrogens with one attached hydrogen (secondary N) is 1. The second-order valence-corrected chi connectivity index (χ2v) is 10.3. The number of hydrogen-bond donors (Lipinski definition) is 1. The number of rotatable bonds is 9. The van der Waals surface area contributed by atoms with Crippen molar-refractivity contribution in [3.8, 4) is 0 Å². The lowest BCUT2D eigenvalue weighted by molar-refractivity contribution is 0.102. The summed E-state index contributed by atoms with van der Waals surface area (Å²) in [5.74, 6) is -0.321. The van der Waals surface area contributed by atoms with Crippen molar-refractivity contribution in [2.24, 2.45) is 0 Å². The van der Waals surface area contributed by atoms with Gasteiger partial charge in [-0.15, -0.1) is 0 Å². The molecular weight excluding hydrogens is 450 g/mol. The van der Waals surface area contributed by atoms with Gasteiger partial charge in [-0.1, -0.05) is 26.0 Å². The van der Waals surface area contributed by atoms with Crippen molar-refractivity contribution >= 4 is 27.3 Å². The van der Waals surface area contributed by atoms with Gasteiger partial charge < -0.3 is 14.8 Å². The zero-order valence-electron chi connectivity index (χ0n) is 19.6. The highest BCUT2D eigenvalue weighted by molar-refractivity contribution is 7.89. The van der Waals surface area contributed by atoms with Crippen LogP contribution in [0.2, 0.25) is 0 Å². The van der Waals surface area contributed by atoms with Crippen LogP contribution in [-0.2, 0) is 16.6 Å². The summed E-state index contributed by atoms with van der Waals surface area (Å²) in [5, 5.41) is 2.98. The first kappa shape index (κ1) is 24.0. The predicted molar refractivity (Wildman–Crippen MR) is 134 cm³/mol. The predicted octanol–water partition coefficient (Wildman–Crippen LogP) is 3.81. The number of imidazole rings is 1. The van der Waals surface area contributed by atoms with E-state index < -0.39 is 10.0 Å². The SMILES string of the molecule is CCN(CC)S(=O)(=O)c1ccc(N2CCCC2)c(C(=O)Nc2cccc(Cn3ccnc3)c2)c1. The number of carbonyl (C=O) groups excluding carboxylic acids is 1. The van der Waals surface area contributed by atoms with E-state index in [0.29, 0.717) is 30.9 Å². The molecule has 0 radical (unpaired) electrons. The number of carbonyl (C=O) groups is 1. The number of aromatic nitrogens is 2. The van der Waals surface area contributed by atoms with E-state index in [1.165, 1.54) is 10.4 Å². The fourth-order valence-electron chi connectivity index (χ4n) is 4.34. The quantitative estimate of drug-likeness (QED) is 0.502. The third-order valence-corrected chi connectivity index (χ3v) is 8.16. The minimum atomic E-state index is -3.68. The molecule has 2 heterocycles. The van der Waals surface area contributed by atoms with Gasteiger partial charge in [0, 0.05) is 56.5 Å². The molecule has 2 aromatic carbocycles. The Labute approximate surface area is 201 Å². The maximum Gasteiger partial charge on any atom is 0.257 e. The Kier molecular flexibility index (Phi) is 7.33. The van der Waals surface area contributed by atoms with Crippen LogP contribution in [0, 0.1) is 0 Å². The second-order valence-electron chi connectivity index (χ2n) is 8.35. The van der Waals surface area contributed by atoms with E-state index in [2.05, 4.69) is 15.2 Å². The first-order valence-corrected chi connectivity index (χ1v) is 13.1. The molecule has 1 aliphatic heterocycles. The van der Waals surface area contributed by atoms with Crippen molar-refractivity contribution in [2.45, 2.75) is 38.1 Å². The largest absolute Gasteiger partial charge is 0.371 e. The zero-order valence-corrected chi connectivity index (χ0v) is 20.5. The molecule has 0 spiro atoms. The van der Waals surface area contributed by atoms with Gasteiger partial charge in [0.2, 0.25) is 10.0 Å². The highest BCUT2D eigenvalue weighted by Crippen LogP contribution is 2.29. The van der Waals surface area contributed by atoms with Gasteiger partial charge in [-0.3, -0.25) is 4.79 Å². The van der Waals surface area contributed by atoms with Crippen LogP contribution in [0.1, 0.15) is 42.6 Å². The van der Waals surface area contributed by atoms with Crippen LogP contribution in [0.3, 0.4) is 0 Å². The van der Waals surface area contributed by atoms with E-state index in [9.17, 15) is 13.2 Å². The maximum atomic E-state index is 13.4. The van der Waals surface area contributed by atoms with Crippen LogP contribution in [0.15, 0.2) is 66.1 Å². The highest BCUT2D eigenvalue weighted by Gasteiger charge is 2.26. The van der Waals surface area contributed by atoms with E-state index >= 15 is 0 Å². The first-order valence-electron chi connectivity index (χ1n) is 11.7. The molecule has 1 N–H and O–H groups in total. The Bertz CT molecular complexity index is 1230. The molecular formula is C25H31N5O3S. The number of hydrogen-bond acceptors (Lipinski definition) is 5. The minimum absolute atomic E-state index is 0.137. The van der Waals surface area contributed by atoms with Crippen LogP contribution < -0.4 is 10.2 Å². The van der Waals surface area contributed by atoms with Crippen LogP contribution in [0.25, 0.3) is 0 Å². The highest BCUT2D eigenvalue weighted by atomic mass is 32.2. The smallest absolute Gasteiger partial charge is 0.257 e. The van der Waals surface area contributed by atoms with Gasteiger partial charge in [-0.05, 0) is 48.7 Å². The molecule has 180 valence electrons. The van der Waals surface area contributed by atoms with Gasteiger partial charge in [0.1, 0.15) is 0 Å². The molecule has 3 aromatic rings. The number of amides is 1. The summed E-state index contributed by atoms with van der Waals surface area (Å²) in [7, 11) is -3.68. The van der Waals surface area contributed by atoms with Crippen LogP contribution in [0.5, 0.6) is 0 Å². The standard InChI is InChI=1S/C25H31N5O3S/c1-3-30(4-2)34(32,33)22-10-11-24(29-13-5-6-14-29)23(17-22)25(31)27-21-9-7-8-20(16-21)18-28-15-12-26-19-28/h7-12,15-17,19H,3-6,13-14,18H2,1-2H3,(H,27,31). The lowest BCUT2D eigenvalue weighted by atomic mass is 10.1. The molecule has 1 fully saturated rings. The summed E-state index contributed by atoms with van der Waals surface area (Å²) in [6.07, 6.45) is 7.46. The third kappa shape index (κ3) is 5.15. The minimum Gasteiger partial charge on any atom is -0.371 e. The molecule has 1 aromatic heterocycles. The Morgan fingerprint density at radius 1 is 1.09 bits per heavy atom. The fraction of sp³-hybridized carbons (Fsp3) is 0.360. The lowest BCUT2D eigenvalue weighted by Crippen LogP contribution is -2.31. The maximum absolute atomic E-state index is 13.4. The monoisotopic (exact) mass is 481 g/mol. The molecule has 34 heavy (non-hydrogen) atoms. The van der Waals surface area contributed by atoms with Crippen LogP contribution in [0.4, 0.5) is 11.4 Å². The average molecular weight is 482 g/mol. The zero-order chi connectivity index (χ0) is 24.1. The third-order valence-electron chi connectivity index (χ3n) is 6.11. The van der Waals surface area contributed by atoms with E-state index in [-0.39, 0.29) is 10.8 Å².